The van der Waals surface area contributed by atoms with Crippen LogP contribution in [0.25, 0.3) is 0 Å². The first kappa shape index (κ1) is 12.9. The molecule has 0 aromatic heterocycles. The molecular formula is C10H21NO3S. The molecule has 90 valence electrons. The lowest BCUT2D eigenvalue weighted by atomic mass is 9.94. The van der Waals surface area contributed by atoms with E-state index in [2.05, 4.69) is 5.32 Å². The molecule has 5 heteroatoms. The molecule has 0 aromatic rings. The number of hydrogen-bond donors (Lipinski definition) is 2. The zero-order chi connectivity index (χ0) is 11.5. The zero-order valence-electron chi connectivity index (χ0n) is 9.44. The topological polar surface area (TPSA) is 66.4 Å². The maximum absolute atomic E-state index is 11.6. The maximum Gasteiger partial charge on any atom is 0.152 e. The SMILES string of the molecule is CC(C)S(=O)(=O)CCC1CNCCC1O. The number of rotatable bonds is 4. The Kier molecular flexibility index (Phi) is 4.55. The highest BCUT2D eigenvalue weighted by molar-refractivity contribution is 7.91. The molecule has 4 nitrogen and oxygen atoms in total. The van der Waals surface area contributed by atoms with Crippen molar-refractivity contribution in [2.75, 3.05) is 18.8 Å². The van der Waals surface area contributed by atoms with Gasteiger partial charge >= 0.3 is 0 Å². The van der Waals surface area contributed by atoms with E-state index in [1.165, 1.54) is 0 Å². The first-order valence-corrected chi connectivity index (χ1v) is 7.25. The molecule has 1 aliphatic rings. The Morgan fingerprint density at radius 1 is 1.47 bits per heavy atom. The molecule has 0 aliphatic carbocycles. The van der Waals surface area contributed by atoms with Crippen LogP contribution in [0.4, 0.5) is 0 Å². The number of hydrogen-bond acceptors (Lipinski definition) is 4. The lowest BCUT2D eigenvalue weighted by molar-refractivity contribution is 0.0775. The molecule has 0 bridgehead atoms. The van der Waals surface area contributed by atoms with Gasteiger partial charge in [0.1, 0.15) is 0 Å². The Morgan fingerprint density at radius 3 is 2.67 bits per heavy atom. The summed E-state index contributed by atoms with van der Waals surface area (Å²) in [6.45, 7) is 4.96. The van der Waals surface area contributed by atoms with Crippen LogP contribution in [0.5, 0.6) is 0 Å². The van der Waals surface area contributed by atoms with Crippen LogP contribution in [0, 0.1) is 5.92 Å². The molecule has 0 radical (unpaired) electrons. The average Bonchev–Trinajstić information content (AvgIpc) is 2.16. The van der Waals surface area contributed by atoms with Crippen LogP contribution in [0.15, 0.2) is 0 Å². The van der Waals surface area contributed by atoms with Crippen molar-refractivity contribution >= 4 is 9.84 Å². The minimum atomic E-state index is -2.96. The van der Waals surface area contributed by atoms with Gasteiger partial charge in [-0.05, 0) is 39.2 Å². The Labute approximate surface area is 92.0 Å². The summed E-state index contributed by atoms with van der Waals surface area (Å²) in [5.41, 5.74) is 0. The van der Waals surface area contributed by atoms with Crippen LogP contribution in [0.3, 0.4) is 0 Å². The number of aliphatic hydroxyl groups is 1. The normalized spacial score (nSPS) is 28.3. The van der Waals surface area contributed by atoms with Gasteiger partial charge in [0.05, 0.1) is 17.1 Å². The summed E-state index contributed by atoms with van der Waals surface area (Å²) in [7, 11) is -2.96. The summed E-state index contributed by atoms with van der Waals surface area (Å²) in [6, 6.07) is 0. The molecule has 0 amide bonds. The molecular weight excluding hydrogens is 214 g/mol. The molecule has 1 rings (SSSR count). The van der Waals surface area contributed by atoms with E-state index in [4.69, 9.17) is 0 Å². The minimum absolute atomic E-state index is 0.0901. The Morgan fingerprint density at radius 2 is 2.13 bits per heavy atom. The van der Waals surface area contributed by atoms with Crippen LogP contribution in [0.1, 0.15) is 26.7 Å². The fraction of sp³-hybridized carbons (Fsp3) is 1.00. The van der Waals surface area contributed by atoms with Crippen LogP contribution in [-0.4, -0.2) is 43.7 Å². The van der Waals surface area contributed by atoms with Crippen molar-refractivity contribution in [2.24, 2.45) is 5.92 Å². The van der Waals surface area contributed by atoms with Gasteiger partial charge in [-0.1, -0.05) is 0 Å². The molecule has 1 aliphatic heterocycles. The first-order valence-electron chi connectivity index (χ1n) is 5.54. The number of sulfone groups is 1. The van der Waals surface area contributed by atoms with Crippen molar-refractivity contribution in [1.82, 2.24) is 5.32 Å². The van der Waals surface area contributed by atoms with Gasteiger partial charge in [-0.15, -0.1) is 0 Å². The number of nitrogens with one attached hydrogen (secondary N) is 1. The van der Waals surface area contributed by atoms with E-state index >= 15 is 0 Å². The Bertz CT molecular complexity index is 287. The van der Waals surface area contributed by atoms with Crippen LogP contribution in [-0.2, 0) is 9.84 Å². The summed E-state index contributed by atoms with van der Waals surface area (Å²) in [5, 5.41) is 12.5. The second kappa shape index (κ2) is 5.27. The summed E-state index contributed by atoms with van der Waals surface area (Å²) in [5.74, 6) is 0.279. The molecule has 1 saturated heterocycles. The summed E-state index contributed by atoms with van der Waals surface area (Å²) >= 11 is 0. The highest BCUT2D eigenvalue weighted by Crippen LogP contribution is 2.17. The molecule has 15 heavy (non-hydrogen) atoms. The van der Waals surface area contributed by atoms with Crippen LogP contribution < -0.4 is 5.32 Å². The molecule has 0 aromatic carbocycles. The van der Waals surface area contributed by atoms with Crippen molar-refractivity contribution < 1.29 is 13.5 Å². The molecule has 0 spiro atoms. The van der Waals surface area contributed by atoms with E-state index in [1.807, 2.05) is 0 Å². The van der Waals surface area contributed by atoms with Gasteiger partial charge in [0.15, 0.2) is 9.84 Å². The highest BCUT2D eigenvalue weighted by Gasteiger charge is 2.25. The van der Waals surface area contributed by atoms with Crippen LogP contribution >= 0.6 is 0 Å². The molecule has 2 unspecified atom stereocenters. The third kappa shape index (κ3) is 3.74. The third-order valence-corrected chi connectivity index (χ3v) is 5.30. The van der Waals surface area contributed by atoms with E-state index in [9.17, 15) is 13.5 Å². The molecule has 2 atom stereocenters. The third-order valence-electron chi connectivity index (χ3n) is 3.06. The second-order valence-electron chi connectivity index (χ2n) is 4.52. The first-order chi connectivity index (χ1) is 6.93. The zero-order valence-corrected chi connectivity index (χ0v) is 10.3. The van der Waals surface area contributed by atoms with Crippen LogP contribution in [0.2, 0.25) is 0 Å². The van der Waals surface area contributed by atoms with Gasteiger partial charge in [0.25, 0.3) is 0 Å². The summed E-state index contributed by atoms with van der Waals surface area (Å²) in [4.78, 5) is 0. The van der Waals surface area contributed by atoms with E-state index in [1.54, 1.807) is 13.8 Å². The monoisotopic (exact) mass is 235 g/mol. The van der Waals surface area contributed by atoms with E-state index in [0.717, 1.165) is 19.5 Å². The van der Waals surface area contributed by atoms with Gasteiger partial charge in [0, 0.05) is 6.54 Å². The predicted molar refractivity (Wildman–Crippen MR) is 60.5 cm³/mol. The van der Waals surface area contributed by atoms with Gasteiger partial charge < -0.3 is 10.4 Å². The van der Waals surface area contributed by atoms with Gasteiger partial charge in [0.2, 0.25) is 0 Å². The lowest BCUT2D eigenvalue weighted by Crippen LogP contribution is -2.40. The molecule has 2 N–H and O–H groups in total. The van der Waals surface area contributed by atoms with Crippen molar-refractivity contribution in [3.05, 3.63) is 0 Å². The average molecular weight is 235 g/mol. The Hall–Kier alpha value is -0.130. The second-order valence-corrected chi connectivity index (χ2v) is 7.20. The van der Waals surface area contributed by atoms with E-state index < -0.39 is 9.84 Å². The van der Waals surface area contributed by atoms with Gasteiger partial charge in [-0.25, -0.2) is 8.42 Å². The molecule has 1 fully saturated rings. The lowest BCUT2D eigenvalue weighted by Gasteiger charge is -2.28. The van der Waals surface area contributed by atoms with Crippen molar-refractivity contribution in [1.29, 1.82) is 0 Å². The van der Waals surface area contributed by atoms with Crippen molar-refractivity contribution in [3.63, 3.8) is 0 Å². The highest BCUT2D eigenvalue weighted by atomic mass is 32.2. The maximum atomic E-state index is 11.6. The number of piperidine rings is 1. The Balaban J connectivity index is 2.42. The van der Waals surface area contributed by atoms with Gasteiger partial charge in [-0.2, -0.15) is 0 Å². The molecule has 0 saturated carbocycles. The quantitative estimate of drug-likeness (QED) is 0.729. The summed E-state index contributed by atoms with van der Waals surface area (Å²) < 4.78 is 23.2. The van der Waals surface area contributed by atoms with Crippen molar-refractivity contribution in [2.45, 2.75) is 38.0 Å². The summed E-state index contributed by atoms with van der Waals surface area (Å²) in [6.07, 6.45) is 0.953. The fourth-order valence-corrected chi connectivity index (χ4v) is 2.86. The standard InChI is InChI=1S/C10H21NO3S/c1-8(2)15(13,14)6-4-9-7-11-5-3-10(9)12/h8-12H,3-7H2,1-2H3. The fourth-order valence-electron chi connectivity index (χ4n) is 1.75. The minimum Gasteiger partial charge on any atom is -0.393 e. The smallest absolute Gasteiger partial charge is 0.152 e. The largest absolute Gasteiger partial charge is 0.393 e. The predicted octanol–water partition coefficient (Wildman–Crippen LogP) is 0.170. The molecule has 1 heterocycles. The number of aliphatic hydroxyl groups excluding tert-OH is 1. The van der Waals surface area contributed by atoms with E-state index in [0.29, 0.717) is 6.42 Å². The van der Waals surface area contributed by atoms with E-state index in [-0.39, 0.29) is 23.0 Å². The van der Waals surface area contributed by atoms with Gasteiger partial charge in [-0.3, -0.25) is 0 Å². The van der Waals surface area contributed by atoms with Crippen molar-refractivity contribution in [3.8, 4) is 0 Å².